The summed E-state index contributed by atoms with van der Waals surface area (Å²) >= 11 is 0. The molecular formula is C12H18FNO. The van der Waals surface area contributed by atoms with Crippen molar-refractivity contribution in [2.45, 2.75) is 25.8 Å². The zero-order valence-corrected chi connectivity index (χ0v) is 9.51. The standard InChI is InChI=1S/C12H18FNO/c1-4-12(14,8-15-3)10-5-9(2)6-11(13)7-10/h5-7H,4,8,14H2,1-3H3. The maximum Gasteiger partial charge on any atom is 0.123 e. The predicted octanol–water partition coefficient (Wildman–Crippen LogP) is 2.34. The van der Waals surface area contributed by atoms with Crippen LogP contribution in [0.4, 0.5) is 4.39 Å². The topological polar surface area (TPSA) is 35.2 Å². The summed E-state index contributed by atoms with van der Waals surface area (Å²) in [5, 5.41) is 0. The van der Waals surface area contributed by atoms with E-state index in [9.17, 15) is 4.39 Å². The summed E-state index contributed by atoms with van der Waals surface area (Å²) in [6, 6.07) is 4.88. The number of methoxy groups -OCH3 is 1. The molecule has 0 aliphatic carbocycles. The van der Waals surface area contributed by atoms with E-state index in [1.807, 2.05) is 19.9 Å². The SMILES string of the molecule is CCC(N)(COC)c1cc(C)cc(F)c1. The highest BCUT2D eigenvalue weighted by Gasteiger charge is 2.25. The van der Waals surface area contributed by atoms with Crippen LogP contribution in [0, 0.1) is 12.7 Å². The van der Waals surface area contributed by atoms with Crippen LogP contribution in [-0.2, 0) is 10.3 Å². The van der Waals surface area contributed by atoms with Crippen LogP contribution in [0.15, 0.2) is 18.2 Å². The van der Waals surface area contributed by atoms with E-state index in [0.717, 1.165) is 11.1 Å². The number of aryl methyl sites for hydroxylation is 1. The molecule has 1 aromatic carbocycles. The Kier molecular flexibility index (Phi) is 3.83. The lowest BCUT2D eigenvalue weighted by atomic mass is 9.88. The highest BCUT2D eigenvalue weighted by molar-refractivity contribution is 5.29. The van der Waals surface area contributed by atoms with E-state index in [0.29, 0.717) is 13.0 Å². The van der Waals surface area contributed by atoms with Gasteiger partial charge in [0.05, 0.1) is 12.1 Å². The summed E-state index contributed by atoms with van der Waals surface area (Å²) < 4.78 is 18.3. The fourth-order valence-corrected chi connectivity index (χ4v) is 1.67. The Morgan fingerprint density at radius 1 is 1.40 bits per heavy atom. The van der Waals surface area contributed by atoms with E-state index >= 15 is 0 Å². The Labute approximate surface area is 90.2 Å². The number of hydrogen-bond acceptors (Lipinski definition) is 2. The van der Waals surface area contributed by atoms with Crippen LogP contribution in [0.5, 0.6) is 0 Å². The van der Waals surface area contributed by atoms with Crippen molar-refractivity contribution in [1.29, 1.82) is 0 Å². The second kappa shape index (κ2) is 4.73. The highest BCUT2D eigenvalue weighted by atomic mass is 19.1. The molecule has 1 aromatic rings. The van der Waals surface area contributed by atoms with E-state index in [-0.39, 0.29) is 5.82 Å². The fourth-order valence-electron chi connectivity index (χ4n) is 1.67. The Morgan fingerprint density at radius 2 is 2.07 bits per heavy atom. The molecule has 0 spiro atoms. The first-order chi connectivity index (χ1) is 7.01. The molecule has 15 heavy (non-hydrogen) atoms. The number of halogens is 1. The van der Waals surface area contributed by atoms with Crippen LogP contribution in [0.3, 0.4) is 0 Å². The number of nitrogens with two attached hydrogens (primary N) is 1. The normalized spacial score (nSPS) is 15.0. The van der Waals surface area contributed by atoms with E-state index in [1.165, 1.54) is 12.1 Å². The zero-order valence-electron chi connectivity index (χ0n) is 9.51. The van der Waals surface area contributed by atoms with Gasteiger partial charge in [0.1, 0.15) is 5.82 Å². The van der Waals surface area contributed by atoms with Gasteiger partial charge < -0.3 is 10.5 Å². The number of rotatable bonds is 4. The van der Waals surface area contributed by atoms with Gasteiger partial charge in [-0.25, -0.2) is 4.39 Å². The molecule has 0 heterocycles. The third kappa shape index (κ3) is 2.76. The summed E-state index contributed by atoms with van der Waals surface area (Å²) in [4.78, 5) is 0. The van der Waals surface area contributed by atoms with Crippen molar-refractivity contribution in [2.75, 3.05) is 13.7 Å². The lowest BCUT2D eigenvalue weighted by molar-refractivity contribution is 0.129. The fraction of sp³-hybridized carbons (Fsp3) is 0.500. The maximum atomic E-state index is 13.2. The molecular weight excluding hydrogens is 193 g/mol. The van der Waals surface area contributed by atoms with Crippen LogP contribution in [-0.4, -0.2) is 13.7 Å². The Hall–Kier alpha value is -0.930. The van der Waals surface area contributed by atoms with Gasteiger partial charge in [-0.15, -0.1) is 0 Å². The van der Waals surface area contributed by atoms with Gasteiger partial charge in [0, 0.05) is 7.11 Å². The van der Waals surface area contributed by atoms with E-state index in [1.54, 1.807) is 7.11 Å². The second-order valence-corrected chi connectivity index (χ2v) is 3.96. The zero-order chi connectivity index (χ0) is 11.5. The van der Waals surface area contributed by atoms with Gasteiger partial charge in [-0.3, -0.25) is 0 Å². The molecule has 0 saturated carbocycles. The number of ether oxygens (including phenoxy) is 1. The first-order valence-corrected chi connectivity index (χ1v) is 5.07. The summed E-state index contributed by atoms with van der Waals surface area (Å²) in [5.74, 6) is -0.246. The average molecular weight is 211 g/mol. The molecule has 0 radical (unpaired) electrons. The maximum absolute atomic E-state index is 13.2. The van der Waals surface area contributed by atoms with Gasteiger partial charge in [0.15, 0.2) is 0 Å². The van der Waals surface area contributed by atoms with Crippen molar-refractivity contribution < 1.29 is 9.13 Å². The molecule has 1 rings (SSSR count). The summed E-state index contributed by atoms with van der Waals surface area (Å²) in [6.45, 7) is 4.22. The van der Waals surface area contributed by atoms with E-state index in [2.05, 4.69) is 0 Å². The second-order valence-electron chi connectivity index (χ2n) is 3.96. The molecule has 1 unspecified atom stereocenters. The third-order valence-electron chi connectivity index (χ3n) is 2.65. The summed E-state index contributed by atoms with van der Waals surface area (Å²) in [6.07, 6.45) is 0.712. The van der Waals surface area contributed by atoms with Crippen LogP contribution in [0.1, 0.15) is 24.5 Å². The largest absolute Gasteiger partial charge is 0.382 e. The van der Waals surface area contributed by atoms with Gasteiger partial charge in [-0.2, -0.15) is 0 Å². The molecule has 0 bridgehead atoms. The smallest absolute Gasteiger partial charge is 0.123 e. The van der Waals surface area contributed by atoms with Crippen molar-refractivity contribution in [1.82, 2.24) is 0 Å². The molecule has 2 nitrogen and oxygen atoms in total. The number of benzene rings is 1. The predicted molar refractivity (Wildman–Crippen MR) is 59.2 cm³/mol. The monoisotopic (exact) mass is 211 g/mol. The van der Waals surface area contributed by atoms with Crippen molar-refractivity contribution in [3.05, 3.63) is 35.1 Å². The van der Waals surface area contributed by atoms with Crippen molar-refractivity contribution in [2.24, 2.45) is 5.73 Å². The molecule has 3 heteroatoms. The quantitative estimate of drug-likeness (QED) is 0.829. The average Bonchev–Trinajstić information content (AvgIpc) is 2.16. The minimum Gasteiger partial charge on any atom is -0.382 e. The lowest BCUT2D eigenvalue weighted by Gasteiger charge is -2.28. The Bertz CT molecular complexity index is 320. The Balaban J connectivity index is 3.11. The molecule has 0 fully saturated rings. The first-order valence-electron chi connectivity index (χ1n) is 5.07. The van der Waals surface area contributed by atoms with Gasteiger partial charge >= 0.3 is 0 Å². The molecule has 0 amide bonds. The minimum atomic E-state index is -0.596. The van der Waals surface area contributed by atoms with Crippen LogP contribution in [0.25, 0.3) is 0 Å². The van der Waals surface area contributed by atoms with Crippen LogP contribution in [0.2, 0.25) is 0 Å². The van der Waals surface area contributed by atoms with E-state index < -0.39 is 5.54 Å². The lowest BCUT2D eigenvalue weighted by Crippen LogP contribution is -2.40. The van der Waals surface area contributed by atoms with Gasteiger partial charge in [-0.05, 0) is 36.6 Å². The molecule has 2 N–H and O–H groups in total. The molecule has 0 aliphatic rings. The molecule has 1 atom stereocenters. The van der Waals surface area contributed by atoms with Crippen molar-refractivity contribution in [3.63, 3.8) is 0 Å². The van der Waals surface area contributed by atoms with Gasteiger partial charge in [0.25, 0.3) is 0 Å². The Morgan fingerprint density at radius 3 is 2.53 bits per heavy atom. The molecule has 0 aliphatic heterocycles. The first kappa shape index (κ1) is 12.1. The van der Waals surface area contributed by atoms with Crippen LogP contribution >= 0.6 is 0 Å². The molecule has 0 saturated heterocycles. The molecule has 0 aromatic heterocycles. The number of hydrogen-bond donors (Lipinski definition) is 1. The van der Waals surface area contributed by atoms with Crippen LogP contribution < -0.4 is 5.73 Å². The minimum absolute atomic E-state index is 0.246. The summed E-state index contributed by atoms with van der Waals surface area (Å²) in [7, 11) is 1.60. The van der Waals surface area contributed by atoms with E-state index in [4.69, 9.17) is 10.5 Å². The van der Waals surface area contributed by atoms with Crippen molar-refractivity contribution in [3.8, 4) is 0 Å². The van der Waals surface area contributed by atoms with Gasteiger partial charge in [0.2, 0.25) is 0 Å². The highest BCUT2D eigenvalue weighted by Crippen LogP contribution is 2.24. The third-order valence-corrected chi connectivity index (χ3v) is 2.65. The van der Waals surface area contributed by atoms with Gasteiger partial charge in [-0.1, -0.05) is 13.0 Å². The molecule has 84 valence electrons. The summed E-state index contributed by atoms with van der Waals surface area (Å²) in [5.41, 5.74) is 7.25. The van der Waals surface area contributed by atoms with Crippen molar-refractivity contribution >= 4 is 0 Å².